The van der Waals surface area contributed by atoms with Gasteiger partial charge in [0.2, 0.25) is 5.91 Å². The predicted octanol–water partition coefficient (Wildman–Crippen LogP) is 3.88. The number of hydrogen-bond donors (Lipinski definition) is 2. The van der Waals surface area contributed by atoms with Crippen LogP contribution in [-0.4, -0.2) is 12.5 Å². The Morgan fingerprint density at radius 1 is 1.19 bits per heavy atom. The van der Waals surface area contributed by atoms with Gasteiger partial charge in [0.1, 0.15) is 5.82 Å². The molecule has 0 saturated carbocycles. The second kappa shape index (κ2) is 7.33. The van der Waals surface area contributed by atoms with Crippen LogP contribution >= 0.6 is 15.9 Å². The zero-order valence-electron chi connectivity index (χ0n) is 11.6. The number of halogens is 2. The molecule has 110 valence electrons. The van der Waals surface area contributed by atoms with Gasteiger partial charge in [-0.25, -0.2) is 4.39 Å². The highest BCUT2D eigenvalue weighted by Crippen LogP contribution is 2.21. The minimum absolute atomic E-state index is 0.0319. The lowest BCUT2D eigenvalue weighted by atomic mass is 10.1. The van der Waals surface area contributed by atoms with Gasteiger partial charge >= 0.3 is 0 Å². The van der Waals surface area contributed by atoms with Crippen LogP contribution in [0.3, 0.4) is 0 Å². The highest BCUT2D eigenvalue weighted by atomic mass is 79.9. The van der Waals surface area contributed by atoms with E-state index in [0.29, 0.717) is 0 Å². The molecule has 1 atom stereocenters. The molecule has 0 aliphatic rings. The van der Waals surface area contributed by atoms with E-state index < -0.39 is 0 Å². The summed E-state index contributed by atoms with van der Waals surface area (Å²) in [4.78, 5) is 11.9. The number of carbonyl (C=O) groups excluding carboxylic acids is 1. The normalized spacial score (nSPS) is 12.0. The maximum Gasteiger partial charge on any atom is 0.238 e. The largest absolute Gasteiger partial charge is 0.324 e. The van der Waals surface area contributed by atoms with Crippen molar-refractivity contribution in [2.45, 2.75) is 13.0 Å². The Kier molecular flexibility index (Phi) is 5.47. The van der Waals surface area contributed by atoms with Crippen molar-refractivity contribution in [1.82, 2.24) is 5.32 Å². The van der Waals surface area contributed by atoms with Gasteiger partial charge in [0.05, 0.1) is 12.2 Å². The minimum atomic E-state index is -0.266. The molecule has 5 heteroatoms. The number of hydrogen-bond acceptors (Lipinski definition) is 2. The molecule has 2 aromatic rings. The van der Waals surface area contributed by atoms with Crippen LogP contribution in [0.1, 0.15) is 18.5 Å². The van der Waals surface area contributed by atoms with E-state index in [1.165, 1.54) is 12.1 Å². The fourth-order valence-corrected chi connectivity index (χ4v) is 2.26. The Hall–Kier alpha value is -1.72. The van der Waals surface area contributed by atoms with Gasteiger partial charge in [-0.15, -0.1) is 0 Å². The predicted molar refractivity (Wildman–Crippen MR) is 85.6 cm³/mol. The molecule has 2 N–H and O–H groups in total. The lowest BCUT2D eigenvalue weighted by molar-refractivity contribution is -0.115. The smallest absolute Gasteiger partial charge is 0.238 e. The van der Waals surface area contributed by atoms with Crippen molar-refractivity contribution in [2.75, 3.05) is 11.9 Å². The molecule has 21 heavy (non-hydrogen) atoms. The zero-order valence-corrected chi connectivity index (χ0v) is 13.2. The van der Waals surface area contributed by atoms with Crippen molar-refractivity contribution in [3.63, 3.8) is 0 Å². The van der Waals surface area contributed by atoms with Gasteiger partial charge in [-0.3, -0.25) is 4.79 Å². The highest BCUT2D eigenvalue weighted by Gasteiger charge is 2.09. The molecule has 0 aliphatic carbocycles. The molecule has 2 aromatic carbocycles. The highest BCUT2D eigenvalue weighted by molar-refractivity contribution is 9.10. The number of carbonyl (C=O) groups is 1. The van der Waals surface area contributed by atoms with Crippen molar-refractivity contribution < 1.29 is 9.18 Å². The van der Waals surface area contributed by atoms with E-state index in [4.69, 9.17) is 0 Å². The van der Waals surface area contributed by atoms with E-state index in [1.54, 1.807) is 12.1 Å². The Labute approximate surface area is 131 Å². The monoisotopic (exact) mass is 350 g/mol. The SMILES string of the molecule is CC(NCC(=O)Nc1ccccc1Br)c1ccc(F)cc1. The number of amides is 1. The first kappa shape index (κ1) is 15.7. The van der Waals surface area contributed by atoms with Gasteiger partial charge in [0, 0.05) is 10.5 Å². The fraction of sp³-hybridized carbons (Fsp3) is 0.188. The molecule has 0 saturated heterocycles. The summed E-state index contributed by atoms with van der Waals surface area (Å²) in [5, 5.41) is 5.93. The van der Waals surface area contributed by atoms with E-state index in [0.717, 1.165) is 15.7 Å². The van der Waals surface area contributed by atoms with Crippen molar-refractivity contribution in [3.8, 4) is 0 Å². The summed E-state index contributed by atoms with van der Waals surface area (Å²) in [6.45, 7) is 2.11. The number of para-hydroxylation sites is 1. The second-order valence-electron chi connectivity index (χ2n) is 4.68. The molecule has 1 unspecified atom stereocenters. The van der Waals surface area contributed by atoms with Crippen LogP contribution in [0.5, 0.6) is 0 Å². The van der Waals surface area contributed by atoms with Crippen LogP contribution in [0.25, 0.3) is 0 Å². The molecule has 3 nitrogen and oxygen atoms in total. The molecule has 0 heterocycles. The average Bonchev–Trinajstić information content (AvgIpc) is 2.48. The average molecular weight is 351 g/mol. The van der Waals surface area contributed by atoms with Crippen molar-refractivity contribution in [1.29, 1.82) is 0 Å². The third-order valence-corrected chi connectivity index (χ3v) is 3.78. The molecular formula is C16H16BrFN2O. The maximum atomic E-state index is 12.9. The summed E-state index contributed by atoms with van der Waals surface area (Å²) < 4.78 is 13.7. The maximum absolute atomic E-state index is 12.9. The van der Waals surface area contributed by atoms with E-state index in [9.17, 15) is 9.18 Å². The lowest BCUT2D eigenvalue weighted by Gasteiger charge is -2.14. The molecular weight excluding hydrogens is 335 g/mol. The first-order chi connectivity index (χ1) is 10.1. The first-order valence-electron chi connectivity index (χ1n) is 6.59. The van der Waals surface area contributed by atoms with E-state index in [2.05, 4.69) is 26.6 Å². The summed E-state index contributed by atoms with van der Waals surface area (Å²) >= 11 is 3.38. The van der Waals surface area contributed by atoms with Crippen LogP contribution < -0.4 is 10.6 Å². The van der Waals surface area contributed by atoms with E-state index in [-0.39, 0.29) is 24.3 Å². The number of benzene rings is 2. The van der Waals surface area contributed by atoms with Crippen molar-refractivity contribution in [3.05, 3.63) is 64.4 Å². The number of rotatable bonds is 5. The third kappa shape index (κ3) is 4.65. The van der Waals surface area contributed by atoms with Gasteiger partial charge in [0.15, 0.2) is 0 Å². The van der Waals surface area contributed by atoms with Crippen LogP contribution in [0.4, 0.5) is 10.1 Å². The Morgan fingerprint density at radius 2 is 1.86 bits per heavy atom. The summed E-state index contributed by atoms with van der Waals surface area (Å²) in [5.41, 5.74) is 1.67. The molecule has 0 aromatic heterocycles. The third-order valence-electron chi connectivity index (χ3n) is 3.09. The molecule has 0 fully saturated rings. The molecule has 0 radical (unpaired) electrons. The number of nitrogens with one attached hydrogen (secondary N) is 2. The van der Waals surface area contributed by atoms with Crippen molar-refractivity contribution >= 4 is 27.5 Å². The van der Waals surface area contributed by atoms with E-state index in [1.807, 2.05) is 31.2 Å². The molecule has 0 aliphatic heterocycles. The topological polar surface area (TPSA) is 41.1 Å². The van der Waals surface area contributed by atoms with Gasteiger partial charge in [-0.1, -0.05) is 24.3 Å². The molecule has 0 bridgehead atoms. The molecule has 2 rings (SSSR count). The Balaban J connectivity index is 1.86. The van der Waals surface area contributed by atoms with Gasteiger partial charge in [-0.2, -0.15) is 0 Å². The van der Waals surface area contributed by atoms with Crippen LogP contribution in [-0.2, 0) is 4.79 Å². The summed E-state index contributed by atoms with van der Waals surface area (Å²) in [6, 6.07) is 13.6. The summed E-state index contributed by atoms with van der Waals surface area (Å²) in [5.74, 6) is -0.395. The standard InChI is InChI=1S/C16H16BrFN2O/c1-11(12-6-8-13(18)9-7-12)19-10-16(21)20-15-5-3-2-4-14(15)17/h2-9,11,19H,10H2,1H3,(H,20,21). The second-order valence-corrected chi connectivity index (χ2v) is 5.54. The summed E-state index contributed by atoms with van der Waals surface area (Å²) in [6.07, 6.45) is 0. The van der Waals surface area contributed by atoms with Crippen molar-refractivity contribution in [2.24, 2.45) is 0 Å². The first-order valence-corrected chi connectivity index (χ1v) is 7.39. The minimum Gasteiger partial charge on any atom is -0.324 e. The Bertz CT molecular complexity index is 616. The molecule has 0 spiro atoms. The van der Waals surface area contributed by atoms with Crippen LogP contribution in [0.2, 0.25) is 0 Å². The van der Waals surface area contributed by atoms with Gasteiger partial charge < -0.3 is 10.6 Å². The van der Waals surface area contributed by atoms with Crippen LogP contribution in [0, 0.1) is 5.82 Å². The summed E-state index contributed by atoms with van der Waals surface area (Å²) in [7, 11) is 0. The zero-order chi connectivity index (χ0) is 15.2. The van der Waals surface area contributed by atoms with E-state index >= 15 is 0 Å². The molecule has 1 amide bonds. The Morgan fingerprint density at radius 3 is 2.52 bits per heavy atom. The van der Waals surface area contributed by atoms with Gasteiger partial charge in [-0.05, 0) is 52.7 Å². The lowest BCUT2D eigenvalue weighted by Crippen LogP contribution is -2.30. The fourth-order valence-electron chi connectivity index (χ4n) is 1.87. The van der Waals surface area contributed by atoms with Gasteiger partial charge in [0.25, 0.3) is 0 Å². The quantitative estimate of drug-likeness (QED) is 0.859. The number of anilines is 1. The van der Waals surface area contributed by atoms with Crippen LogP contribution in [0.15, 0.2) is 53.0 Å².